The molecule has 0 bridgehead atoms. The Labute approximate surface area is 282 Å². The van der Waals surface area contributed by atoms with Crippen molar-refractivity contribution in [3.63, 3.8) is 0 Å². The molecule has 0 aromatic carbocycles. The largest absolute Gasteiger partial charge is 0.413 e. The summed E-state index contributed by atoms with van der Waals surface area (Å²) in [6, 6.07) is 0. The second-order valence-electron chi connectivity index (χ2n) is 17.0. The van der Waals surface area contributed by atoms with Crippen LogP contribution in [0.25, 0.3) is 0 Å². The van der Waals surface area contributed by atoms with Crippen molar-refractivity contribution in [2.45, 2.75) is 212 Å². The summed E-state index contributed by atoms with van der Waals surface area (Å²) in [6.07, 6.45) is 10.9. The first-order chi connectivity index (χ1) is 21.2. The molecule has 0 aromatic rings. The van der Waals surface area contributed by atoms with Crippen molar-refractivity contribution < 1.29 is 38.0 Å². The molecule has 270 valence electrons. The molecule has 8 atom stereocenters. The quantitative estimate of drug-likeness (QED) is 0.105. The third-order valence-corrected chi connectivity index (χ3v) is 14.7. The van der Waals surface area contributed by atoms with Gasteiger partial charge in [0.1, 0.15) is 0 Å². The van der Waals surface area contributed by atoms with Crippen molar-refractivity contribution in [1.82, 2.24) is 0 Å². The van der Waals surface area contributed by atoms with Crippen molar-refractivity contribution in [2.24, 2.45) is 5.92 Å². The first-order valence-electron chi connectivity index (χ1n) is 18.2. The van der Waals surface area contributed by atoms with Crippen molar-refractivity contribution >= 4 is 8.32 Å². The van der Waals surface area contributed by atoms with Crippen LogP contribution >= 0.6 is 0 Å². The van der Waals surface area contributed by atoms with Crippen LogP contribution in [0.15, 0.2) is 12.7 Å². The van der Waals surface area contributed by atoms with Gasteiger partial charge in [-0.05, 0) is 72.5 Å². The summed E-state index contributed by atoms with van der Waals surface area (Å²) in [5.74, 6) is -2.08. The van der Waals surface area contributed by atoms with Gasteiger partial charge >= 0.3 is 0 Å². The van der Waals surface area contributed by atoms with E-state index in [1.165, 1.54) is 12.8 Å². The summed E-state index contributed by atoms with van der Waals surface area (Å²) in [5.41, 5.74) is 0. The fourth-order valence-electron chi connectivity index (χ4n) is 7.33. The SMILES string of the molecule is C=C[C@@H]([C@@H]1C[C@H](C[C@@H]2C[C@@H](C[C@@H]3C[C@H](CCO)OC(C)(C)O3)OC(C)(C)O2)OC(C)(C)O1)[C@@H](CCCCC)O[Si](C)(C)C(C)(C)C. The Morgan fingerprint density at radius 2 is 1.24 bits per heavy atom. The molecule has 8 nitrogen and oxygen atoms in total. The molecule has 0 amide bonds. The lowest BCUT2D eigenvalue weighted by molar-refractivity contribution is -0.337. The first-order valence-corrected chi connectivity index (χ1v) is 21.1. The Bertz CT molecular complexity index is 944. The topological polar surface area (TPSA) is 84.8 Å². The van der Waals surface area contributed by atoms with Gasteiger partial charge in [-0.15, -0.1) is 6.58 Å². The zero-order chi connectivity index (χ0) is 34.6. The van der Waals surface area contributed by atoms with Gasteiger partial charge in [-0.1, -0.05) is 53.0 Å². The van der Waals surface area contributed by atoms with Gasteiger partial charge in [0.25, 0.3) is 0 Å². The van der Waals surface area contributed by atoms with Crippen molar-refractivity contribution in [3.8, 4) is 0 Å². The van der Waals surface area contributed by atoms with E-state index in [0.717, 1.165) is 44.9 Å². The predicted octanol–water partition coefficient (Wildman–Crippen LogP) is 8.65. The standard InChI is InChI=1S/C37H70O8Si/c1-14-16-17-18-32(45-46(12,13)34(3,4)5)31(15-2)33-25-30(43-37(10,11)44-33)24-29-23-28(41-36(8,9)42-29)22-27-21-26(19-20-38)39-35(6,7)40-27/h15,26-33,38H,2,14,16-25H2,1,3-13H3/t26-,27-,28+,29-,30-,31+,32+,33-/m0/s1. The minimum absolute atomic E-state index is 0.0126. The number of ether oxygens (including phenoxy) is 6. The summed E-state index contributed by atoms with van der Waals surface area (Å²) in [5, 5.41) is 9.65. The van der Waals surface area contributed by atoms with Gasteiger partial charge in [0, 0.05) is 44.6 Å². The molecule has 9 heteroatoms. The van der Waals surface area contributed by atoms with Crippen LogP contribution in [0.1, 0.15) is 133 Å². The molecule has 46 heavy (non-hydrogen) atoms. The Hall–Kier alpha value is -0.363. The lowest BCUT2D eigenvalue weighted by Crippen LogP contribution is -2.53. The molecular weight excluding hydrogens is 600 g/mol. The number of aliphatic hydroxyl groups is 1. The van der Waals surface area contributed by atoms with E-state index >= 15 is 0 Å². The summed E-state index contributed by atoms with van der Waals surface area (Å²) in [6.45, 7) is 30.2. The molecular formula is C37H70O8Si. The second-order valence-corrected chi connectivity index (χ2v) is 21.7. The molecule has 0 unspecified atom stereocenters. The van der Waals surface area contributed by atoms with E-state index in [-0.39, 0.29) is 60.3 Å². The number of unbranched alkanes of at least 4 members (excludes halogenated alkanes) is 2. The first kappa shape index (κ1) is 40.1. The molecule has 3 saturated heterocycles. The van der Waals surface area contributed by atoms with Crippen LogP contribution in [0.4, 0.5) is 0 Å². The highest BCUT2D eigenvalue weighted by atomic mass is 28.4. The van der Waals surface area contributed by atoms with E-state index in [2.05, 4.69) is 53.4 Å². The third-order valence-electron chi connectivity index (χ3n) is 10.2. The molecule has 0 radical (unpaired) electrons. The monoisotopic (exact) mass is 670 g/mol. The van der Waals surface area contributed by atoms with Gasteiger partial charge < -0.3 is 38.0 Å². The van der Waals surface area contributed by atoms with Crippen molar-refractivity contribution in [3.05, 3.63) is 12.7 Å². The van der Waals surface area contributed by atoms with Crippen LogP contribution in [0, 0.1) is 5.92 Å². The number of hydrogen-bond donors (Lipinski definition) is 1. The van der Waals surface area contributed by atoms with E-state index in [1.54, 1.807) is 0 Å². The molecule has 3 fully saturated rings. The van der Waals surface area contributed by atoms with Crippen LogP contribution in [0.2, 0.25) is 18.1 Å². The van der Waals surface area contributed by atoms with Crippen LogP contribution in [-0.4, -0.2) is 80.1 Å². The number of hydrogen-bond acceptors (Lipinski definition) is 8. The van der Waals surface area contributed by atoms with E-state index in [0.29, 0.717) is 6.42 Å². The van der Waals surface area contributed by atoms with Gasteiger partial charge in [-0.25, -0.2) is 0 Å². The molecule has 3 rings (SSSR count). The van der Waals surface area contributed by atoms with Crippen molar-refractivity contribution in [1.29, 1.82) is 0 Å². The lowest BCUT2D eigenvalue weighted by atomic mass is 9.86. The van der Waals surface area contributed by atoms with Crippen LogP contribution < -0.4 is 0 Å². The molecule has 0 aromatic heterocycles. The third kappa shape index (κ3) is 11.9. The normalized spacial score (nSPS) is 32.9. The zero-order valence-electron chi connectivity index (χ0n) is 31.5. The fourth-order valence-corrected chi connectivity index (χ4v) is 8.72. The molecule has 0 aliphatic carbocycles. The molecule has 3 aliphatic heterocycles. The molecule has 1 N–H and O–H groups in total. The second kappa shape index (κ2) is 16.1. The average molecular weight is 671 g/mol. The summed E-state index contributed by atoms with van der Waals surface area (Å²) >= 11 is 0. The fraction of sp³-hybridized carbons (Fsp3) is 0.946. The Morgan fingerprint density at radius 3 is 1.70 bits per heavy atom. The lowest BCUT2D eigenvalue weighted by Gasteiger charge is -2.48. The summed E-state index contributed by atoms with van der Waals surface area (Å²) in [4.78, 5) is 0. The van der Waals surface area contributed by atoms with Crippen molar-refractivity contribution in [2.75, 3.05) is 6.61 Å². The average Bonchev–Trinajstić information content (AvgIpc) is 2.85. The van der Waals surface area contributed by atoms with Gasteiger partial charge in [-0.3, -0.25) is 0 Å². The Kier molecular flexibility index (Phi) is 14.0. The molecule has 0 spiro atoms. The van der Waals surface area contributed by atoms with E-state index in [1.807, 2.05) is 41.5 Å². The van der Waals surface area contributed by atoms with E-state index in [9.17, 15) is 5.11 Å². The Morgan fingerprint density at radius 1 is 0.783 bits per heavy atom. The minimum Gasteiger partial charge on any atom is -0.413 e. The van der Waals surface area contributed by atoms with Gasteiger partial charge in [-0.2, -0.15) is 0 Å². The van der Waals surface area contributed by atoms with Gasteiger partial charge in [0.15, 0.2) is 25.7 Å². The maximum Gasteiger partial charge on any atom is 0.192 e. The maximum atomic E-state index is 9.53. The molecule has 3 heterocycles. The highest BCUT2D eigenvalue weighted by molar-refractivity contribution is 6.74. The molecule has 3 aliphatic rings. The van der Waals surface area contributed by atoms with Gasteiger partial charge in [0.2, 0.25) is 0 Å². The maximum absolute atomic E-state index is 9.53. The zero-order valence-corrected chi connectivity index (χ0v) is 32.5. The highest BCUT2D eigenvalue weighted by Gasteiger charge is 2.47. The summed E-state index contributed by atoms with van der Waals surface area (Å²) in [7, 11) is -2.02. The predicted molar refractivity (Wildman–Crippen MR) is 186 cm³/mol. The van der Waals surface area contributed by atoms with E-state index in [4.69, 9.17) is 32.8 Å². The van der Waals surface area contributed by atoms with Gasteiger partial charge in [0.05, 0.1) is 42.7 Å². The molecule has 0 saturated carbocycles. The summed E-state index contributed by atoms with van der Waals surface area (Å²) < 4.78 is 45.7. The smallest absolute Gasteiger partial charge is 0.192 e. The van der Waals surface area contributed by atoms with Crippen LogP contribution in [0.5, 0.6) is 0 Å². The number of aliphatic hydroxyl groups excluding tert-OH is 1. The van der Waals surface area contributed by atoms with Crippen LogP contribution in [0.3, 0.4) is 0 Å². The highest BCUT2D eigenvalue weighted by Crippen LogP contribution is 2.43. The minimum atomic E-state index is -2.02. The van der Waals surface area contributed by atoms with Crippen LogP contribution in [-0.2, 0) is 32.8 Å². The number of rotatable bonds is 15. The Balaban J connectivity index is 1.74. The van der Waals surface area contributed by atoms with E-state index < -0.39 is 25.7 Å².